The van der Waals surface area contributed by atoms with Crippen LogP contribution in [0.25, 0.3) is 0 Å². The van der Waals surface area contributed by atoms with Crippen molar-refractivity contribution in [3.63, 3.8) is 0 Å². The van der Waals surface area contributed by atoms with Gasteiger partial charge in [-0.1, -0.05) is 39.7 Å². The molecule has 110 valence electrons. The van der Waals surface area contributed by atoms with Crippen molar-refractivity contribution >= 4 is 11.9 Å². The lowest BCUT2D eigenvalue weighted by Gasteiger charge is -2.26. The highest BCUT2D eigenvalue weighted by atomic mass is 16.5. The molecule has 1 amide bonds. The molecule has 0 radical (unpaired) electrons. The molecule has 19 heavy (non-hydrogen) atoms. The van der Waals surface area contributed by atoms with E-state index in [-0.39, 0.29) is 11.9 Å². The molecule has 0 saturated carbocycles. The Hall–Kier alpha value is -1.32. The Bertz CT molecular complexity index is 289. The van der Waals surface area contributed by atoms with Gasteiger partial charge in [-0.05, 0) is 25.8 Å². The molecule has 0 aromatic rings. The number of carbonyl (C=O) groups is 2. The van der Waals surface area contributed by atoms with Crippen molar-refractivity contribution < 1.29 is 14.3 Å². The number of hydrogen-bond donors (Lipinski definition) is 0. The first-order chi connectivity index (χ1) is 9.08. The van der Waals surface area contributed by atoms with Crippen LogP contribution in [-0.2, 0) is 14.3 Å². The second-order valence-corrected chi connectivity index (χ2v) is 4.64. The number of esters is 1. The first kappa shape index (κ1) is 17.7. The average molecular weight is 269 g/mol. The van der Waals surface area contributed by atoms with Crippen LogP contribution in [0.3, 0.4) is 0 Å². The Morgan fingerprint density at radius 1 is 1.21 bits per heavy atom. The molecule has 0 fully saturated rings. The molecule has 0 aliphatic rings. The maximum Gasteiger partial charge on any atom is 0.328 e. The fourth-order valence-electron chi connectivity index (χ4n) is 1.80. The van der Waals surface area contributed by atoms with Crippen molar-refractivity contribution in [2.45, 2.75) is 58.9 Å². The smallest absolute Gasteiger partial charge is 0.328 e. The summed E-state index contributed by atoms with van der Waals surface area (Å²) < 4.78 is 5.21. The monoisotopic (exact) mass is 269 g/mol. The molecule has 0 spiro atoms. The van der Waals surface area contributed by atoms with Gasteiger partial charge in [-0.3, -0.25) is 4.79 Å². The molecule has 0 saturated heterocycles. The maximum atomic E-state index is 11.9. The summed E-state index contributed by atoms with van der Waals surface area (Å²) in [4.78, 5) is 25.0. The molecule has 0 aromatic heterocycles. The molecule has 0 aliphatic heterocycles. The van der Waals surface area contributed by atoms with Gasteiger partial charge in [0.2, 0.25) is 5.91 Å². The van der Waals surface area contributed by atoms with Gasteiger partial charge in [-0.15, -0.1) is 0 Å². The zero-order chi connectivity index (χ0) is 14.7. The summed E-state index contributed by atoms with van der Waals surface area (Å²) >= 11 is 0. The number of nitrogens with zero attached hydrogens (tertiary/aromatic N) is 1. The molecule has 0 aliphatic carbocycles. The number of carbonyl (C=O) groups excluding carboxylic acids is 2. The average Bonchev–Trinajstić information content (AvgIpc) is 2.42. The van der Waals surface area contributed by atoms with Crippen molar-refractivity contribution in [3.05, 3.63) is 12.7 Å². The molecule has 4 heteroatoms. The van der Waals surface area contributed by atoms with E-state index >= 15 is 0 Å². The fraction of sp³-hybridized carbons (Fsp3) is 0.733. The van der Waals surface area contributed by atoms with Crippen LogP contribution in [-0.4, -0.2) is 36.0 Å². The molecule has 1 atom stereocenters. The summed E-state index contributed by atoms with van der Waals surface area (Å²) in [5, 5.41) is 0. The first-order valence-electron chi connectivity index (χ1n) is 7.18. The van der Waals surface area contributed by atoms with E-state index in [1.165, 1.54) is 11.0 Å². The highest BCUT2D eigenvalue weighted by Gasteiger charge is 2.24. The van der Waals surface area contributed by atoms with E-state index < -0.39 is 6.04 Å². The van der Waals surface area contributed by atoms with E-state index in [0.29, 0.717) is 13.2 Å². The number of rotatable bonds is 10. The van der Waals surface area contributed by atoms with Gasteiger partial charge < -0.3 is 9.64 Å². The van der Waals surface area contributed by atoms with Crippen molar-refractivity contribution in [3.8, 4) is 0 Å². The van der Waals surface area contributed by atoms with Gasteiger partial charge in [0.05, 0.1) is 6.61 Å². The van der Waals surface area contributed by atoms with Gasteiger partial charge in [0, 0.05) is 6.54 Å². The van der Waals surface area contributed by atoms with Crippen LogP contribution in [0.5, 0.6) is 0 Å². The van der Waals surface area contributed by atoms with E-state index in [4.69, 9.17) is 4.74 Å². The van der Waals surface area contributed by atoms with Gasteiger partial charge in [-0.25, -0.2) is 4.79 Å². The van der Waals surface area contributed by atoms with Crippen LogP contribution in [0, 0.1) is 0 Å². The van der Waals surface area contributed by atoms with E-state index in [2.05, 4.69) is 13.5 Å². The van der Waals surface area contributed by atoms with Crippen molar-refractivity contribution in [1.29, 1.82) is 0 Å². The number of hydrogen-bond acceptors (Lipinski definition) is 3. The van der Waals surface area contributed by atoms with Crippen molar-refractivity contribution in [1.82, 2.24) is 4.90 Å². The Morgan fingerprint density at radius 2 is 1.89 bits per heavy atom. The van der Waals surface area contributed by atoms with E-state index in [1.807, 2.05) is 6.92 Å². The molecule has 0 heterocycles. The lowest BCUT2D eigenvalue weighted by molar-refractivity contribution is -0.153. The van der Waals surface area contributed by atoms with Crippen LogP contribution >= 0.6 is 0 Å². The minimum absolute atomic E-state index is 0.225. The zero-order valence-corrected chi connectivity index (χ0v) is 12.5. The largest absolute Gasteiger partial charge is 0.464 e. The highest BCUT2D eigenvalue weighted by Crippen LogP contribution is 2.06. The summed E-state index contributed by atoms with van der Waals surface area (Å²) in [5.41, 5.74) is 0. The van der Waals surface area contributed by atoms with Gasteiger partial charge >= 0.3 is 5.97 Å². The normalized spacial score (nSPS) is 11.7. The zero-order valence-electron chi connectivity index (χ0n) is 12.5. The third-order valence-electron chi connectivity index (χ3n) is 2.97. The van der Waals surface area contributed by atoms with E-state index in [1.54, 1.807) is 6.92 Å². The van der Waals surface area contributed by atoms with E-state index in [0.717, 1.165) is 32.1 Å². The summed E-state index contributed by atoms with van der Waals surface area (Å²) in [6.45, 7) is 10.2. The lowest BCUT2D eigenvalue weighted by Crippen LogP contribution is -2.43. The van der Waals surface area contributed by atoms with Gasteiger partial charge in [0.25, 0.3) is 0 Å². The van der Waals surface area contributed by atoms with Crippen LogP contribution < -0.4 is 0 Å². The van der Waals surface area contributed by atoms with Crippen LogP contribution in [0.4, 0.5) is 0 Å². The maximum absolute atomic E-state index is 11.9. The lowest BCUT2D eigenvalue weighted by atomic mass is 10.2. The molecule has 0 aromatic carbocycles. The predicted octanol–water partition coefficient (Wildman–Crippen LogP) is 2.92. The standard InChI is InChI=1S/C15H27NO3/c1-5-8-9-10-12-19-15(18)13(4)16(11-6-2)14(17)7-3/h7,13H,3,5-6,8-12H2,1-2,4H3. The molecular weight excluding hydrogens is 242 g/mol. The van der Waals surface area contributed by atoms with Gasteiger partial charge in [-0.2, -0.15) is 0 Å². The molecule has 0 rings (SSSR count). The minimum atomic E-state index is -0.545. The Balaban J connectivity index is 4.19. The van der Waals surface area contributed by atoms with Gasteiger partial charge in [0.1, 0.15) is 6.04 Å². The second kappa shape index (κ2) is 10.6. The second-order valence-electron chi connectivity index (χ2n) is 4.64. The predicted molar refractivity (Wildman–Crippen MR) is 76.8 cm³/mol. The van der Waals surface area contributed by atoms with E-state index in [9.17, 15) is 9.59 Å². The van der Waals surface area contributed by atoms with Crippen LogP contribution in [0.15, 0.2) is 12.7 Å². The topological polar surface area (TPSA) is 46.6 Å². The Kier molecular flexibility index (Phi) is 9.85. The Labute approximate surface area is 116 Å². The number of amides is 1. The fourth-order valence-corrected chi connectivity index (χ4v) is 1.80. The molecule has 0 N–H and O–H groups in total. The van der Waals surface area contributed by atoms with Crippen molar-refractivity contribution in [2.75, 3.05) is 13.2 Å². The SMILES string of the molecule is C=CC(=O)N(CCC)C(C)C(=O)OCCCCCC. The van der Waals surface area contributed by atoms with Crippen LogP contribution in [0.2, 0.25) is 0 Å². The summed E-state index contributed by atoms with van der Waals surface area (Å²) in [6.07, 6.45) is 6.30. The highest BCUT2D eigenvalue weighted by molar-refractivity contribution is 5.91. The van der Waals surface area contributed by atoms with Crippen LogP contribution in [0.1, 0.15) is 52.9 Å². The Morgan fingerprint density at radius 3 is 2.42 bits per heavy atom. The molecule has 4 nitrogen and oxygen atoms in total. The summed E-state index contributed by atoms with van der Waals surface area (Å²) in [5.74, 6) is -0.558. The molecule has 0 bridgehead atoms. The number of ether oxygens (including phenoxy) is 1. The minimum Gasteiger partial charge on any atom is -0.464 e. The molecule has 1 unspecified atom stereocenters. The quantitative estimate of drug-likeness (QED) is 0.348. The third kappa shape index (κ3) is 6.99. The summed E-state index contributed by atoms with van der Waals surface area (Å²) in [7, 11) is 0. The van der Waals surface area contributed by atoms with Gasteiger partial charge in [0.15, 0.2) is 0 Å². The number of unbranched alkanes of at least 4 members (excludes halogenated alkanes) is 3. The summed E-state index contributed by atoms with van der Waals surface area (Å²) in [6, 6.07) is -0.545. The third-order valence-corrected chi connectivity index (χ3v) is 2.97. The van der Waals surface area contributed by atoms with Crippen molar-refractivity contribution in [2.24, 2.45) is 0 Å². The first-order valence-corrected chi connectivity index (χ1v) is 7.18. The molecular formula is C15H27NO3.